The van der Waals surface area contributed by atoms with Crippen molar-refractivity contribution in [2.24, 2.45) is 5.10 Å². The van der Waals surface area contributed by atoms with E-state index in [9.17, 15) is 24.5 Å². The van der Waals surface area contributed by atoms with E-state index in [0.29, 0.717) is 10.2 Å². The van der Waals surface area contributed by atoms with Gasteiger partial charge >= 0.3 is 11.7 Å². The molecule has 1 N–H and O–H groups in total. The summed E-state index contributed by atoms with van der Waals surface area (Å²) in [6.07, 6.45) is 0.0629. The molecule has 1 heterocycles. The van der Waals surface area contributed by atoms with Crippen molar-refractivity contribution < 1.29 is 19.2 Å². The van der Waals surface area contributed by atoms with E-state index in [4.69, 9.17) is 4.74 Å². The predicted molar refractivity (Wildman–Crippen MR) is 107 cm³/mol. The third kappa shape index (κ3) is 4.09. The van der Waals surface area contributed by atoms with Gasteiger partial charge in [-0.1, -0.05) is 12.1 Å². The number of nitro groups is 1. The molecule has 1 aromatic heterocycles. The van der Waals surface area contributed by atoms with Crippen molar-refractivity contribution in [3.05, 3.63) is 79.0 Å². The number of carbonyl (C=O) groups excluding carboxylic acids is 1. The van der Waals surface area contributed by atoms with Gasteiger partial charge in [-0.3, -0.25) is 14.9 Å². The molecule has 0 aliphatic carbocycles. The monoisotopic (exact) mass is 412 g/mol. The average molecular weight is 412 g/mol. The fraction of sp³-hybridized carbons (Fsp3) is 0.158. The maximum absolute atomic E-state index is 12.6. The fourth-order valence-corrected chi connectivity index (χ4v) is 2.64. The van der Waals surface area contributed by atoms with Gasteiger partial charge < -0.3 is 14.5 Å². The summed E-state index contributed by atoms with van der Waals surface area (Å²) in [5, 5.41) is 15.2. The number of nitro benzene ring substituents is 1. The van der Waals surface area contributed by atoms with Crippen LogP contribution in [0.25, 0.3) is 10.9 Å². The number of hydrogen-bond acceptors (Lipinski definition) is 8. The molecule has 0 aliphatic rings. The first-order valence-electron chi connectivity index (χ1n) is 8.63. The number of hydrogen-bond donors (Lipinski definition) is 1. The number of benzene rings is 2. The maximum atomic E-state index is 12.6. The van der Waals surface area contributed by atoms with Gasteiger partial charge in [0.15, 0.2) is 6.10 Å². The smallest absolute Gasteiger partial charge is 0.349 e. The van der Waals surface area contributed by atoms with Gasteiger partial charge in [0.05, 0.1) is 29.2 Å². The summed E-state index contributed by atoms with van der Waals surface area (Å²) in [5.41, 5.74) is -1.29. The molecule has 3 aromatic rings. The predicted octanol–water partition coefficient (Wildman–Crippen LogP) is 1.42. The first-order chi connectivity index (χ1) is 14.3. The summed E-state index contributed by atoms with van der Waals surface area (Å²) in [6.45, 7) is 1.44. The molecule has 11 nitrogen and oxygen atoms in total. The number of rotatable bonds is 6. The summed E-state index contributed by atoms with van der Waals surface area (Å²) in [5.74, 6) is -0.578. The van der Waals surface area contributed by atoms with E-state index in [-0.39, 0.29) is 22.4 Å². The third-order valence-corrected chi connectivity index (χ3v) is 4.14. The molecule has 0 saturated carbocycles. The highest BCUT2D eigenvalue weighted by molar-refractivity contribution is 5.85. The van der Waals surface area contributed by atoms with E-state index < -0.39 is 28.2 Å². The highest BCUT2D eigenvalue weighted by Gasteiger charge is 2.18. The Labute approximate surface area is 168 Å². The highest BCUT2D eigenvalue weighted by Crippen LogP contribution is 2.24. The quantitative estimate of drug-likeness (QED) is 0.279. The Morgan fingerprint density at radius 3 is 2.70 bits per heavy atom. The lowest BCUT2D eigenvalue weighted by Gasteiger charge is -2.14. The van der Waals surface area contributed by atoms with Crippen LogP contribution >= 0.6 is 0 Å². The summed E-state index contributed by atoms with van der Waals surface area (Å²) >= 11 is 0. The van der Waals surface area contributed by atoms with Crippen LogP contribution in [0.2, 0.25) is 0 Å². The van der Waals surface area contributed by atoms with E-state index in [2.05, 4.69) is 14.8 Å². The van der Waals surface area contributed by atoms with Crippen LogP contribution in [-0.4, -0.2) is 40.0 Å². The minimum Gasteiger partial charge on any atom is -0.478 e. The second-order valence-electron chi connectivity index (χ2n) is 6.10. The number of carbonyl (C=O) groups is 1. The molecule has 1 atom stereocenters. The van der Waals surface area contributed by atoms with Crippen LogP contribution in [0.4, 0.5) is 5.69 Å². The van der Waals surface area contributed by atoms with E-state index in [0.717, 1.165) is 12.3 Å². The van der Waals surface area contributed by atoms with Crippen LogP contribution in [0.3, 0.4) is 0 Å². The third-order valence-electron chi connectivity index (χ3n) is 4.14. The molecular formula is C19H16N4O7. The van der Waals surface area contributed by atoms with Gasteiger partial charge in [0.1, 0.15) is 5.75 Å². The molecule has 3 rings (SSSR count). The number of aromatic nitrogens is 2. The van der Waals surface area contributed by atoms with Crippen molar-refractivity contribution in [1.82, 2.24) is 9.66 Å². The number of para-hydroxylation sites is 1. The summed E-state index contributed by atoms with van der Waals surface area (Å²) < 4.78 is 10.7. The Morgan fingerprint density at radius 2 is 2.00 bits per heavy atom. The molecule has 154 valence electrons. The van der Waals surface area contributed by atoms with Gasteiger partial charge in [-0.15, -0.1) is 4.68 Å². The minimum absolute atomic E-state index is 0.0764. The molecule has 0 radical (unpaired) electrons. The number of aromatic amines is 1. The Hall–Kier alpha value is -4.28. The van der Waals surface area contributed by atoms with Crippen molar-refractivity contribution in [2.75, 3.05) is 7.11 Å². The molecule has 0 amide bonds. The molecule has 0 saturated heterocycles. The molecule has 0 fully saturated rings. The minimum atomic E-state index is -1.00. The average Bonchev–Trinajstić information content (AvgIpc) is 2.73. The van der Waals surface area contributed by atoms with Crippen LogP contribution in [0.1, 0.15) is 12.5 Å². The van der Waals surface area contributed by atoms with Crippen LogP contribution in [0.5, 0.6) is 5.75 Å². The number of nitrogens with zero attached hydrogens (tertiary/aromatic N) is 3. The first kappa shape index (κ1) is 20.5. The topological polar surface area (TPSA) is 146 Å². The molecule has 30 heavy (non-hydrogen) atoms. The number of esters is 1. The fourth-order valence-electron chi connectivity index (χ4n) is 2.64. The summed E-state index contributed by atoms with van der Waals surface area (Å²) in [6, 6.07) is 10.0. The zero-order valence-corrected chi connectivity index (χ0v) is 15.9. The van der Waals surface area contributed by atoms with Crippen molar-refractivity contribution in [1.29, 1.82) is 0 Å². The van der Waals surface area contributed by atoms with Crippen molar-refractivity contribution in [3.8, 4) is 5.75 Å². The Bertz CT molecular complexity index is 1280. The molecule has 11 heteroatoms. The lowest BCUT2D eigenvalue weighted by molar-refractivity contribution is -0.384. The van der Waals surface area contributed by atoms with Crippen LogP contribution < -0.4 is 16.0 Å². The van der Waals surface area contributed by atoms with Crippen LogP contribution in [0.15, 0.2) is 57.2 Å². The normalized spacial score (nSPS) is 12.1. The zero-order chi connectivity index (χ0) is 21.8. The molecular weight excluding hydrogens is 396 g/mol. The number of nitrogens with one attached hydrogen (secondary N) is 1. The SMILES string of the molecule is COC(=O)C(C)Oc1ccc([N+](=O)[O-])cc1C=Nn1c(=O)[nH]c2ccccc2c1=O. The van der Waals surface area contributed by atoms with Gasteiger partial charge in [-0.2, -0.15) is 5.10 Å². The second kappa shape index (κ2) is 8.39. The van der Waals surface area contributed by atoms with Crippen LogP contribution in [-0.2, 0) is 9.53 Å². The van der Waals surface area contributed by atoms with Crippen molar-refractivity contribution in [2.45, 2.75) is 13.0 Å². The Morgan fingerprint density at radius 1 is 1.27 bits per heavy atom. The molecule has 0 bridgehead atoms. The number of ether oxygens (including phenoxy) is 2. The molecule has 1 unspecified atom stereocenters. The standard InChI is InChI=1S/C19H16N4O7/c1-11(18(25)29-2)30-16-8-7-13(23(27)28)9-12(16)10-20-22-17(24)14-5-3-4-6-15(14)21-19(22)26/h3-11H,1-2H3,(H,21,26). The van der Waals surface area contributed by atoms with Gasteiger partial charge in [0.2, 0.25) is 0 Å². The lowest BCUT2D eigenvalue weighted by atomic mass is 10.2. The number of non-ortho nitro benzene ring substituents is 1. The van der Waals surface area contributed by atoms with Gasteiger partial charge in [-0.25, -0.2) is 9.59 Å². The number of methoxy groups -OCH3 is 1. The molecule has 0 aliphatic heterocycles. The van der Waals surface area contributed by atoms with Gasteiger partial charge in [0, 0.05) is 17.7 Å². The van der Waals surface area contributed by atoms with E-state index in [1.54, 1.807) is 18.2 Å². The molecule has 0 spiro atoms. The van der Waals surface area contributed by atoms with Crippen LogP contribution in [0, 0.1) is 10.1 Å². The maximum Gasteiger partial charge on any atom is 0.349 e. The Balaban J connectivity index is 2.07. The van der Waals surface area contributed by atoms with Gasteiger partial charge in [-0.05, 0) is 25.1 Å². The Kier molecular flexibility index (Phi) is 5.72. The van der Waals surface area contributed by atoms with E-state index >= 15 is 0 Å². The summed E-state index contributed by atoms with van der Waals surface area (Å²) in [7, 11) is 1.19. The van der Waals surface area contributed by atoms with E-state index in [1.165, 1.54) is 32.2 Å². The van der Waals surface area contributed by atoms with Crippen molar-refractivity contribution in [3.63, 3.8) is 0 Å². The first-order valence-corrected chi connectivity index (χ1v) is 8.63. The second-order valence-corrected chi connectivity index (χ2v) is 6.10. The van der Waals surface area contributed by atoms with E-state index in [1.807, 2.05) is 0 Å². The zero-order valence-electron chi connectivity index (χ0n) is 15.9. The number of fused-ring (bicyclic) bond motifs is 1. The van der Waals surface area contributed by atoms with Gasteiger partial charge in [0.25, 0.3) is 11.2 Å². The highest BCUT2D eigenvalue weighted by atomic mass is 16.6. The van der Waals surface area contributed by atoms with Crippen molar-refractivity contribution >= 4 is 28.8 Å². The number of H-pyrrole nitrogens is 1. The summed E-state index contributed by atoms with van der Waals surface area (Å²) in [4.78, 5) is 49.4. The lowest BCUT2D eigenvalue weighted by Crippen LogP contribution is -2.32. The molecule has 2 aromatic carbocycles. The largest absolute Gasteiger partial charge is 0.478 e.